The molecule has 2 saturated heterocycles. The standard InChI is InChI=1S/C23H26FN3O6P2S2/c24-19-12-16(3-6-20(19)26-7-9-32-10-8-26)27-14-17(33-23(27)28)13-25-22(36)37-18-4-1-15(2-5-18)11-21(34-29)35(30)31/h1-6,12,17,21,29,34H,7-11,13-14H2,(H-,25,30,31,36)/p+1/t17-,21?/m0/s1. The van der Waals surface area contributed by atoms with Gasteiger partial charge >= 0.3 is 14.1 Å². The predicted molar refractivity (Wildman–Crippen MR) is 148 cm³/mol. The van der Waals surface area contributed by atoms with Crippen molar-refractivity contribution in [1.82, 2.24) is 5.32 Å². The highest BCUT2D eigenvalue weighted by Crippen LogP contribution is 2.37. The van der Waals surface area contributed by atoms with Gasteiger partial charge in [0.15, 0.2) is 0 Å². The van der Waals surface area contributed by atoms with Gasteiger partial charge in [0.1, 0.15) is 16.2 Å². The first-order chi connectivity index (χ1) is 17.8. The lowest BCUT2D eigenvalue weighted by Crippen LogP contribution is -2.36. The Morgan fingerprint density at radius 1 is 1.27 bits per heavy atom. The Labute approximate surface area is 226 Å². The van der Waals surface area contributed by atoms with Gasteiger partial charge in [-0.25, -0.2) is 9.18 Å². The van der Waals surface area contributed by atoms with Crippen LogP contribution in [0.4, 0.5) is 20.6 Å². The fourth-order valence-corrected chi connectivity index (χ4v) is 6.10. The molecule has 1 amide bonds. The van der Waals surface area contributed by atoms with Gasteiger partial charge in [-0.1, -0.05) is 36.1 Å². The molecule has 9 nitrogen and oxygen atoms in total. The maximum Gasteiger partial charge on any atom is 0.515 e. The summed E-state index contributed by atoms with van der Waals surface area (Å²) in [6.45, 7) is 2.93. The maximum atomic E-state index is 14.8. The number of carbonyl (C=O) groups excluding carboxylic acids is 1. The van der Waals surface area contributed by atoms with E-state index in [9.17, 15) is 23.5 Å². The van der Waals surface area contributed by atoms with Crippen LogP contribution in [-0.2, 0) is 20.5 Å². The quantitative estimate of drug-likeness (QED) is 0.228. The van der Waals surface area contributed by atoms with Gasteiger partial charge in [-0.05, 0) is 40.5 Å². The van der Waals surface area contributed by atoms with Crippen LogP contribution in [0.3, 0.4) is 0 Å². The molecule has 2 aliphatic heterocycles. The first-order valence-corrected chi connectivity index (χ1v) is 15.1. The SMILES string of the molecule is O=C1O[C@@H](CNC(=S)Sc2ccc(CC(PO)[P+](=O)O)cc2)CN1c1ccc(N2CCOCC2)c(F)c1. The molecule has 4 atom stereocenters. The summed E-state index contributed by atoms with van der Waals surface area (Å²) in [6.07, 6.45) is -0.671. The van der Waals surface area contributed by atoms with Crippen LogP contribution < -0.4 is 15.1 Å². The highest BCUT2D eigenvalue weighted by molar-refractivity contribution is 8.23. The summed E-state index contributed by atoms with van der Waals surface area (Å²) in [7, 11) is -3.03. The Bertz CT molecular complexity index is 1140. The van der Waals surface area contributed by atoms with E-state index in [1.807, 2.05) is 29.2 Å². The summed E-state index contributed by atoms with van der Waals surface area (Å²) in [6, 6.07) is 12.1. The lowest BCUT2D eigenvalue weighted by atomic mass is 10.2. The average molecular weight is 587 g/mol. The van der Waals surface area contributed by atoms with Crippen LogP contribution in [0.1, 0.15) is 5.56 Å². The van der Waals surface area contributed by atoms with Crippen molar-refractivity contribution in [2.45, 2.75) is 22.8 Å². The number of thiocarbonyl (C=S) groups is 1. The first-order valence-electron chi connectivity index (χ1n) is 11.5. The second-order valence-corrected chi connectivity index (χ2v) is 12.8. The summed E-state index contributed by atoms with van der Waals surface area (Å²) < 4.78 is 37.3. The molecule has 2 fully saturated rings. The summed E-state index contributed by atoms with van der Waals surface area (Å²) >= 11 is 6.73. The molecule has 2 aliphatic rings. The Morgan fingerprint density at radius 2 is 2.00 bits per heavy atom. The van der Waals surface area contributed by atoms with Gasteiger partial charge in [0, 0.05) is 24.4 Å². The van der Waals surface area contributed by atoms with Crippen molar-refractivity contribution >= 4 is 62.6 Å². The molecule has 2 heterocycles. The molecule has 2 aromatic carbocycles. The van der Waals surface area contributed by atoms with Crippen LogP contribution in [0.15, 0.2) is 47.4 Å². The number of cyclic esters (lactones) is 1. The van der Waals surface area contributed by atoms with Crippen LogP contribution in [0.5, 0.6) is 0 Å². The van der Waals surface area contributed by atoms with Gasteiger partial charge in [0.25, 0.3) is 0 Å². The number of amides is 1. The summed E-state index contributed by atoms with van der Waals surface area (Å²) in [5.74, 6) is -0.394. The van der Waals surface area contributed by atoms with E-state index >= 15 is 0 Å². The Balaban J connectivity index is 1.26. The number of ether oxygens (including phenoxy) is 2. The van der Waals surface area contributed by atoms with Gasteiger partial charge in [-0.2, -0.15) is 4.89 Å². The number of hydrogen-bond donors (Lipinski definition) is 3. The minimum atomic E-state index is -2.43. The van der Waals surface area contributed by atoms with Crippen LogP contribution in [-0.4, -0.2) is 71.1 Å². The van der Waals surface area contributed by atoms with E-state index in [4.69, 9.17) is 21.7 Å². The second-order valence-electron chi connectivity index (χ2n) is 8.42. The van der Waals surface area contributed by atoms with Crippen molar-refractivity contribution in [3.63, 3.8) is 0 Å². The minimum absolute atomic E-state index is 0.268. The molecule has 2 aromatic rings. The largest absolute Gasteiger partial charge is 0.515 e. The van der Waals surface area contributed by atoms with E-state index in [0.29, 0.717) is 55.0 Å². The number of thioether (sulfide) groups is 1. The Kier molecular flexibility index (Phi) is 10.1. The van der Waals surface area contributed by atoms with Gasteiger partial charge in [0.2, 0.25) is 5.40 Å². The van der Waals surface area contributed by atoms with E-state index in [1.165, 1.54) is 22.7 Å². The van der Waals surface area contributed by atoms with Crippen molar-refractivity contribution in [3.05, 3.63) is 53.8 Å². The number of morpholine rings is 1. The fourth-order valence-electron chi connectivity index (χ4n) is 3.99. The van der Waals surface area contributed by atoms with Gasteiger partial charge < -0.3 is 24.6 Å². The molecule has 0 bridgehead atoms. The van der Waals surface area contributed by atoms with Crippen molar-refractivity contribution in [2.24, 2.45) is 0 Å². The Morgan fingerprint density at radius 3 is 2.65 bits per heavy atom. The third kappa shape index (κ3) is 7.57. The van der Waals surface area contributed by atoms with E-state index in [-0.39, 0.29) is 6.54 Å². The third-order valence-electron chi connectivity index (χ3n) is 5.92. The third-order valence-corrected chi connectivity index (χ3v) is 9.38. The molecule has 4 rings (SSSR count). The lowest BCUT2D eigenvalue weighted by Gasteiger charge is -2.29. The number of nitrogens with one attached hydrogen (secondary N) is 1. The second kappa shape index (κ2) is 13.2. The number of rotatable bonds is 9. The summed E-state index contributed by atoms with van der Waals surface area (Å²) in [5, 5.41) is 2.43. The molecular formula is C23H27FN3O6P2S2+. The summed E-state index contributed by atoms with van der Waals surface area (Å²) in [4.78, 5) is 35.1. The molecule has 37 heavy (non-hydrogen) atoms. The number of benzene rings is 2. The lowest BCUT2D eigenvalue weighted by molar-refractivity contribution is 0.122. The fraction of sp³-hybridized carbons (Fsp3) is 0.391. The molecule has 3 N–H and O–H groups in total. The Hall–Kier alpha value is -1.91. The van der Waals surface area contributed by atoms with Crippen molar-refractivity contribution in [3.8, 4) is 0 Å². The van der Waals surface area contributed by atoms with Crippen LogP contribution >= 0.6 is 40.8 Å². The number of nitrogens with zero attached hydrogens (tertiary/aromatic N) is 2. The summed E-state index contributed by atoms with van der Waals surface area (Å²) in [5.41, 5.74) is 1.78. The van der Waals surface area contributed by atoms with Gasteiger partial charge in [0.05, 0.1) is 46.5 Å². The molecule has 0 spiro atoms. The molecule has 198 valence electrons. The zero-order chi connectivity index (χ0) is 26.4. The highest BCUT2D eigenvalue weighted by Gasteiger charge is 2.33. The number of anilines is 2. The van der Waals surface area contributed by atoms with E-state index in [2.05, 4.69) is 5.32 Å². The first kappa shape index (κ1) is 28.1. The zero-order valence-corrected chi connectivity index (χ0v) is 23.2. The maximum absolute atomic E-state index is 14.8. The molecule has 0 aliphatic carbocycles. The monoisotopic (exact) mass is 586 g/mol. The molecule has 0 saturated carbocycles. The number of hydrogen-bond acceptors (Lipinski definition) is 8. The van der Waals surface area contributed by atoms with Crippen LogP contribution in [0.25, 0.3) is 0 Å². The van der Waals surface area contributed by atoms with E-state index in [0.717, 1.165) is 10.5 Å². The topological polar surface area (TPSA) is 112 Å². The van der Waals surface area contributed by atoms with Crippen LogP contribution in [0.2, 0.25) is 0 Å². The molecular weight excluding hydrogens is 559 g/mol. The van der Waals surface area contributed by atoms with Gasteiger partial charge in [-0.3, -0.25) is 4.90 Å². The smallest absolute Gasteiger partial charge is 0.442 e. The normalized spacial score (nSPS) is 19.3. The van der Waals surface area contributed by atoms with Crippen molar-refractivity contribution in [2.75, 3.05) is 49.2 Å². The minimum Gasteiger partial charge on any atom is -0.442 e. The van der Waals surface area contributed by atoms with Gasteiger partial charge in [-0.15, -0.1) is 0 Å². The molecule has 3 unspecified atom stereocenters. The molecule has 14 heteroatoms. The molecule has 0 aromatic heterocycles. The average Bonchev–Trinajstić information content (AvgIpc) is 3.27. The van der Waals surface area contributed by atoms with E-state index < -0.39 is 40.3 Å². The zero-order valence-electron chi connectivity index (χ0n) is 19.7. The van der Waals surface area contributed by atoms with E-state index in [1.54, 1.807) is 12.1 Å². The molecule has 0 radical (unpaired) electrons. The number of halogens is 1. The predicted octanol–water partition coefficient (Wildman–Crippen LogP) is 3.84. The highest BCUT2D eigenvalue weighted by atomic mass is 32.2. The van der Waals surface area contributed by atoms with Crippen molar-refractivity contribution < 1.29 is 33.0 Å². The number of carbonyl (C=O) groups is 1. The van der Waals surface area contributed by atoms with Crippen LogP contribution in [0, 0.1) is 5.82 Å². The van der Waals surface area contributed by atoms with Crippen molar-refractivity contribution in [1.29, 1.82) is 0 Å².